The molecule has 2 fully saturated rings. The Balaban J connectivity index is 1.42. The highest BCUT2D eigenvalue weighted by Crippen LogP contribution is 2.38. The van der Waals surface area contributed by atoms with Gasteiger partial charge in [0.05, 0.1) is 12.2 Å². The van der Waals surface area contributed by atoms with Gasteiger partial charge in [-0.05, 0) is 56.6 Å². The predicted molar refractivity (Wildman–Crippen MR) is 100 cm³/mol. The summed E-state index contributed by atoms with van der Waals surface area (Å²) in [4.78, 5) is 18.1. The highest BCUT2D eigenvalue weighted by atomic mass is 16.5. The topological polar surface area (TPSA) is 63.7 Å². The fourth-order valence-electron chi connectivity index (χ4n) is 3.96. The van der Waals surface area contributed by atoms with Crippen molar-refractivity contribution in [2.45, 2.75) is 51.0 Å². The number of rotatable bonds is 6. The molecule has 26 heavy (non-hydrogen) atoms. The summed E-state index contributed by atoms with van der Waals surface area (Å²) < 4.78 is 12.0. The van der Waals surface area contributed by atoms with Crippen molar-refractivity contribution in [1.82, 2.24) is 15.2 Å². The van der Waals surface area contributed by atoms with Crippen LogP contribution in [0.5, 0.6) is 5.75 Å². The van der Waals surface area contributed by atoms with Gasteiger partial charge in [0.2, 0.25) is 0 Å². The molecular formula is C20H31N3O3. The van der Waals surface area contributed by atoms with Crippen molar-refractivity contribution < 1.29 is 14.3 Å². The summed E-state index contributed by atoms with van der Waals surface area (Å²) in [5, 5.41) is 2.97. The molecule has 2 amide bonds. The average Bonchev–Trinajstić information content (AvgIpc) is 2.68. The standard InChI is InChI=1S/C20H31N3O3/c1-2-9-22-19(24)23-12-7-20(8-13-23)16-17(6-15-26-20)5-14-25-18-3-10-21-11-4-18/h3-4,10-11,17H,2,5-9,12-16H2,1H3,(H,22,24). The zero-order valence-electron chi connectivity index (χ0n) is 15.8. The molecule has 1 aromatic heterocycles. The lowest BCUT2D eigenvalue weighted by Gasteiger charge is -2.46. The van der Waals surface area contributed by atoms with Crippen LogP contribution in [0.2, 0.25) is 0 Å². The summed E-state index contributed by atoms with van der Waals surface area (Å²) in [5.41, 5.74) is -0.0406. The summed E-state index contributed by atoms with van der Waals surface area (Å²) in [6.45, 7) is 5.94. The van der Waals surface area contributed by atoms with Gasteiger partial charge in [0, 0.05) is 38.6 Å². The number of hydrogen-bond donors (Lipinski definition) is 1. The Hall–Kier alpha value is -1.82. The third kappa shape index (κ3) is 5.10. The van der Waals surface area contributed by atoms with E-state index < -0.39 is 0 Å². The van der Waals surface area contributed by atoms with E-state index in [0.29, 0.717) is 5.92 Å². The first kappa shape index (κ1) is 19.0. The van der Waals surface area contributed by atoms with Crippen molar-refractivity contribution in [3.8, 4) is 5.75 Å². The molecule has 2 aliphatic rings. The summed E-state index contributed by atoms with van der Waals surface area (Å²) >= 11 is 0. The molecule has 0 radical (unpaired) electrons. The molecule has 144 valence electrons. The van der Waals surface area contributed by atoms with Gasteiger partial charge in [-0.1, -0.05) is 6.92 Å². The van der Waals surface area contributed by atoms with Crippen LogP contribution in [-0.2, 0) is 4.74 Å². The summed E-state index contributed by atoms with van der Waals surface area (Å²) in [6, 6.07) is 3.86. The van der Waals surface area contributed by atoms with E-state index in [4.69, 9.17) is 9.47 Å². The SMILES string of the molecule is CCCNC(=O)N1CCC2(CC1)CC(CCOc1ccncc1)CCO2. The van der Waals surface area contributed by atoms with Crippen molar-refractivity contribution in [2.75, 3.05) is 32.8 Å². The highest BCUT2D eigenvalue weighted by molar-refractivity contribution is 5.74. The molecule has 1 aromatic rings. The second kappa shape index (κ2) is 9.21. The van der Waals surface area contributed by atoms with E-state index in [-0.39, 0.29) is 11.6 Å². The fourth-order valence-corrected chi connectivity index (χ4v) is 3.96. The fraction of sp³-hybridized carbons (Fsp3) is 0.700. The number of hydrogen-bond acceptors (Lipinski definition) is 4. The van der Waals surface area contributed by atoms with Gasteiger partial charge < -0.3 is 19.7 Å². The number of pyridine rings is 1. The first-order valence-electron chi connectivity index (χ1n) is 9.90. The van der Waals surface area contributed by atoms with Crippen molar-refractivity contribution in [2.24, 2.45) is 5.92 Å². The number of piperidine rings is 1. The largest absolute Gasteiger partial charge is 0.493 e. The van der Waals surface area contributed by atoms with Gasteiger partial charge in [-0.2, -0.15) is 0 Å². The maximum atomic E-state index is 12.1. The Kier molecular flexibility index (Phi) is 6.72. The number of nitrogens with one attached hydrogen (secondary N) is 1. The number of nitrogens with zero attached hydrogens (tertiary/aromatic N) is 2. The third-order valence-corrected chi connectivity index (χ3v) is 5.53. The van der Waals surface area contributed by atoms with Gasteiger partial charge in [0.15, 0.2) is 0 Å². The van der Waals surface area contributed by atoms with Crippen LogP contribution in [0.4, 0.5) is 4.79 Å². The van der Waals surface area contributed by atoms with Gasteiger partial charge >= 0.3 is 6.03 Å². The molecule has 0 aliphatic carbocycles. The third-order valence-electron chi connectivity index (χ3n) is 5.53. The van der Waals surface area contributed by atoms with Crippen molar-refractivity contribution in [3.63, 3.8) is 0 Å². The van der Waals surface area contributed by atoms with Gasteiger partial charge in [0.1, 0.15) is 5.75 Å². The maximum absolute atomic E-state index is 12.1. The molecule has 0 aromatic carbocycles. The van der Waals surface area contributed by atoms with Gasteiger partial charge in [-0.25, -0.2) is 4.79 Å². The number of ether oxygens (including phenoxy) is 2. The van der Waals surface area contributed by atoms with Gasteiger partial charge in [-0.15, -0.1) is 0 Å². The van der Waals surface area contributed by atoms with Crippen molar-refractivity contribution in [3.05, 3.63) is 24.5 Å². The summed E-state index contributed by atoms with van der Waals surface area (Å²) in [6.07, 6.45) is 9.58. The van der Waals surface area contributed by atoms with E-state index >= 15 is 0 Å². The monoisotopic (exact) mass is 361 g/mol. The van der Waals surface area contributed by atoms with E-state index in [2.05, 4.69) is 17.2 Å². The van der Waals surface area contributed by atoms with Crippen LogP contribution in [0, 0.1) is 5.92 Å². The molecule has 2 aliphatic heterocycles. The van der Waals surface area contributed by atoms with Crippen LogP contribution in [0.15, 0.2) is 24.5 Å². The Morgan fingerprint density at radius 2 is 2.15 bits per heavy atom. The number of aromatic nitrogens is 1. The molecule has 0 saturated carbocycles. The quantitative estimate of drug-likeness (QED) is 0.845. The Bertz CT molecular complexity index is 559. The number of carbonyl (C=O) groups is 1. The molecule has 6 nitrogen and oxygen atoms in total. The number of carbonyl (C=O) groups excluding carboxylic acids is 1. The zero-order valence-corrected chi connectivity index (χ0v) is 15.8. The van der Waals surface area contributed by atoms with Gasteiger partial charge in [0.25, 0.3) is 0 Å². The molecule has 1 spiro atoms. The van der Waals surface area contributed by atoms with Crippen LogP contribution in [-0.4, -0.2) is 54.4 Å². The minimum atomic E-state index is -0.0406. The second-order valence-electron chi connectivity index (χ2n) is 7.43. The molecule has 6 heteroatoms. The molecule has 1 atom stereocenters. The Morgan fingerprint density at radius 3 is 2.88 bits per heavy atom. The highest BCUT2D eigenvalue weighted by Gasteiger charge is 2.40. The molecule has 3 rings (SSSR count). The summed E-state index contributed by atoms with van der Waals surface area (Å²) in [5.74, 6) is 1.51. The number of likely N-dealkylation sites (tertiary alicyclic amines) is 1. The first-order chi connectivity index (χ1) is 12.7. The lowest BCUT2D eigenvalue weighted by molar-refractivity contribution is -0.124. The molecule has 2 saturated heterocycles. The Labute approximate surface area is 156 Å². The first-order valence-corrected chi connectivity index (χ1v) is 9.90. The van der Waals surface area contributed by atoms with Crippen molar-refractivity contribution >= 4 is 6.03 Å². The molecule has 0 bridgehead atoms. The Morgan fingerprint density at radius 1 is 1.38 bits per heavy atom. The summed E-state index contributed by atoms with van der Waals surface area (Å²) in [7, 11) is 0. The molecule has 1 N–H and O–H groups in total. The second-order valence-corrected chi connectivity index (χ2v) is 7.43. The average molecular weight is 361 g/mol. The lowest BCUT2D eigenvalue weighted by Crippen LogP contribution is -2.53. The van der Waals surface area contributed by atoms with Crippen LogP contribution in [0.1, 0.15) is 45.4 Å². The van der Waals surface area contributed by atoms with E-state index in [0.717, 1.165) is 77.1 Å². The van der Waals surface area contributed by atoms with Crippen LogP contribution in [0.3, 0.4) is 0 Å². The van der Waals surface area contributed by atoms with Gasteiger partial charge in [-0.3, -0.25) is 4.98 Å². The van der Waals surface area contributed by atoms with E-state index in [1.807, 2.05) is 17.0 Å². The number of amides is 2. The van der Waals surface area contributed by atoms with Crippen LogP contribution < -0.4 is 10.1 Å². The minimum Gasteiger partial charge on any atom is -0.493 e. The van der Waals surface area contributed by atoms with Crippen LogP contribution >= 0.6 is 0 Å². The van der Waals surface area contributed by atoms with E-state index in [9.17, 15) is 4.79 Å². The van der Waals surface area contributed by atoms with Crippen LogP contribution in [0.25, 0.3) is 0 Å². The molecule has 1 unspecified atom stereocenters. The zero-order chi connectivity index (χ0) is 18.2. The van der Waals surface area contributed by atoms with Crippen molar-refractivity contribution in [1.29, 1.82) is 0 Å². The predicted octanol–water partition coefficient (Wildman–Crippen LogP) is 3.23. The maximum Gasteiger partial charge on any atom is 0.317 e. The molecule has 3 heterocycles. The molecular weight excluding hydrogens is 330 g/mol. The lowest BCUT2D eigenvalue weighted by atomic mass is 9.78. The van der Waals surface area contributed by atoms with E-state index in [1.54, 1.807) is 12.4 Å². The smallest absolute Gasteiger partial charge is 0.317 e. The minimum absolute atomic E-state index is 0.0406. The normalized spacial score (nSPS) is 22.2. The number of urea groups is 1. The van der Waals surface area contributed by atoms with E-state index in [1.165, 1.54) is 0 Å².